The van der Waals surface area contributed by atoms with E-state index in [1.165, 1.54) is 6.33 Å². The van der Waals surface area contributed by atoms with Crippen molar-refractivity contribution in [2.45, 2.75) is 32.4 Å². The molecule has 0 saturated carbocycles. The van der Waals surface area contributed by atoms with E-state index in [1.807, 2.05) is 56.0 Å². The molecular weight excluding hydrogens is 458 g/mol. The number of benzene rings is 1. The van der Waals surface area contributed by atoms with E-state index < -0.39 is 5.54 Å². The molecule has 0 unspecified atom stereocenters. The quantitative estimate of drug-likeness (QED) is 0.337. The van der Waals surface area contributed by atoms with Crippen LogP contribution < -0.4 is 10.6 Å². The lowest BCUT2D eigenvalue weighted by atomic mass is 9.99. The Morgan fingerprint density at radius 3 is 2.58 bits per heavy atom. The number of aliphatic hydroxyl groups is 1. The number of hydrogen-bond acceptors (Lipinski definition) is 9. The first kappa shape index (κ1) is 23.4. The average molecular weight is 486 g/mol. The second-order valence-corrected chi connectivity index (χ2v) is 8.98. The van der Waals surface area contributed by atoms with E-state index in [9.17, 15) is 9.90 Å². The summed E-state index contributed by atoms with van der Waals surface area (Å²) in [7, 11) is 0. The number of anilines is 3. The van der Waals surface area contributed by atoms with Gasteiger partial charge in [-0.05, 0) is 38.5 Å². The van der Waals surface area contributed by atoms with Gasteiger partial charge in [-0.1, -0.05) is 35.5 Å². The highest BCUT2D eigenvalue weighted by Crippen LogP contribution is 2.38. The van der Waals surface area contributed by atoms with Crippen LogP contribution in [0, 0.1) is 0 Å². The van der Waals surface area contributed by atoms with Crippen molar-refractivity contribution >= 4 is 23.2 Å². The number of pyridine rings is 2. The van der Waals surface area contributed by atoms with Crippen LogP contribution >= 0.6 is 0 Å². The summed E-state index contributed by atoms with van der Waals surface area (Å²) in [6.07, 6.45) is 2.94. The Hall–Kier alpha value is -4.31. The Balaban J connectivity index is 1.48. The Morgan fingerprint density at radius 2 is 1.89 bits per heavy atom. The first-order valence-electron chi connectivity index (χ1n) is 11.7. The molecule has 0 aliphatic carbocycles. The smallest absolute Gasteiger partial charge is 0.261 e. The topological polar surface area (TPSA) is 129 Å². The van der Waals surface area contributed by atoms with Crippen molar-refractivity contribution in [1.82, 2.24) is 25.0 Å². The molecule has 1 atom stereocenters. The Bertz CT molecular complexity index is 1370. The largest absolute Gasteiger partial charge is 0.394 e. The maximum atomic E-state index is 12.8. The molecule has 4 aromatic rings. The normalized spacial score (nSPS) is 15.0. The molecule has 4 heterocycles. The van der Waals surface area contributed by atoms with Crippen LogP contribution in [0.15, 0.2) is 65.6 Å². The molecule has 3 aromatic heterocycles. The number of carbonyl (C=O) groups excluding carboxylic acids is 1. The molecule has 0 spiro atoms. The van der Waals surface area contributed by atoms with Crippen molar-refractivity contribution in [3.8, 4) is 11.5 Å². The molecule has 184 valence electrons. The van der Waals surface area contributed by atoms with Crippen molar-refractivity contribution in [3.63, 3.8) is 0 Å². The molecule has 1 amide bonds. The minimum Gasteiger partial charge on any atom is -0.394 e. The van der Waals surface area contributed by atoms with E-state index in [4.69, 9.17) is 9.51 Å². The maximum Gasteiger partial charge on any atom is 0.261 e. The highest BCUT2D eigenvalue weighted by atomic mass is 16.5. The van der Waals surface area contributed by atoms with Crippen molar-refractivity contribution < 1.29 is 14.4 Å². The van der Waals surface area contributed by atoms with E-state index in [2.05, 4.69) is 25.8 Å². The van der Waals surface area contributed by atoms with Crippen LogP contribution in [-0.4, -0.2) is 49.2 Å². The summed E-state index contributed by atoms with van der Waals surface area (Å²) >= 11 is 0. The molecule has 0 bridgehead atoms. The number of aliphatic hydroxyl groups excluding tert-OH is 1. The van der Waals surface area contributed by atoms with E-state index in [0.29, 0.717) is 40.9 Å². The predicted octanol–water partition coefficient (Wildman–Crippen LogP) is 4.13. The number of nitrogens with one attached hydrogen (secondary N) is 2. The maximum absolute atomic E-state index is 12.8. The number of aromatic nitrogens is 4. The van der Waals surface area contributed by atoms with Gasteiger partial charge in [-0.2, -0.15) is 4.98 Å². The highest BCUT2D eigenvalue weighted by molar-refractivity contribution is 5.99. The van der Waals surface area contributed by atoms with Crippen molar-refractivity contribution in [1.29, 1.82) is 0 Å². The number of amides is 1. The van der Waals surface area contributed by atoms with E-state index in [-0.39, 0.29) is 18.6 Å². The van der Waals surface area contributed by atoms with Crippen LogP contribution in [0.1, 0.15) is 48.4 Å². The summed E-state index contributed by atoms with van der Waals surface area (Å²) in [5.74, 6) is 1.38. The average Bonchev–Trinajstić information content (AvgIpc) is 3.48. The van der Waals surface area contributed by atoms with E-state index in [0.717, 1.165) is 11.3 Å². The Morgan fingerprint density at radius 1 is 1.08 bits per heavy atom. The first-order chi connectivity index (χ1) is 17.4. The molecule has 0 radical (unpaired) electrons. The van der Waals surface area contributed by atoms with Crippen molar-refractivity contribution in [3.05, 3.63) is 77.9 Å². The minimum absolute atomic E-state index is 0.0129. The van der Waals surface area contributed by atoms with Gasteiger partial charge >= 0.3 is 0 Å². The molecule has 0 saturated heterocycles. The third kappa shape index (κ3) is 4.16. The monoisotopic (exact) mass is 485 g/mol. The number of nitrogens with zero attached hydrogens (tertiary/aromatic N) is 5. The molecule has 10 heteroatoms. The zero-order valence-corrected chi connectivity index (χ0v) is 20.3. The number of fused-ring (bicyclic) bond motifs is 1. The minimum atomic E-state index is -0.509. The molecule has 5 rings (SSSR count). The summed E-state index contributed by atoms with van der Waals surface area (Å²) in [6, 6.07) is 14.7. The van der Waals surface area contributed by atoms with Gasteiger partial charge in [0.25, 0.3) is 11.8 Å². The standard InChI is InChI=1S/C26H27N7O3/c1-4-33-25(35)17-10-11-21(32-23(17)26(33,2)3)31-22-12-19(18(13-27-22)24-28-15-29-36-24)30-20(14-34)16-8-6-5-7-9-16/h5-13,15,20,34H,4,14H2,1-3H3,(H2,27,30,31,32)/t20-/m1/s1. The fourth-order valence-corrected chi connectivity index (χ4v) is 4.58. The predicted molar refractivity (Wildman–Crippen MR) is 135 cm³/mol. The van der Waals surface area contributed by atoms with Crippen LogP contribution in [0.2, 0.25) is 0 Å². The summed E-state index contributed by atoms with van der Waals surface area (Å²) in [4.78, 5) is 28.0. The van der Waals surface area contributed by atoms with Gasteiger partial charge < -0.3 is 25.2 Å². The first-order valence-corrected chi connectivity index (χ1v) is 11.7. The fourth-order valence-electron chi connectivity index (χ4n) is 4.58. The van der Waals surface area contributed by atoms with Gasteiger partial charge in [0.05, 0.1) is 40.7 Å². The second-order valence-electron chi connectivity index (χ2n) is 8.98. The highest BCUT2D eigenvalue weighted by Gasteiger charge is 2.43. The summed E-state index contributed by atoms with van der Waals surface area (Å²) in [5, 5.41) is 20.4. The molecule has 1 aliphatic heterocycles. The number of hydrogen-bond donors (Lipinski definition) is 3. The molecule has 1 aliphatic rings. The van der Waals surface area contributed by atoms with Crippen LogP contribution in [0.25, 0.3) is 11.5 Å². The van der Waals surface area contributed by atoms with E-state index >= 15 is 0 Å². The van der Waals surface area contributed by atoms with Crippen LogP contribution in [0.5, 0.6) is 0 Å². The van der Waals surface area contributed by atoms with Gasteiger partial charge in [-0.3, -0.25) is 4.79 Å². The molecule has 0 fully saturated rings. The van der Waals surface area contributed by atoms with E-state index in [1.54, 1.807) is 24.4 Å². The van der Waals surface area contributed by atoms with Crippen LogP contribution in [0.4, 0.5) is 17.3 Å². The Kier molecular flexibility index (Phi) is 6.11. The summed E-state index contributed by atoms with van der Waals surface area (Å²) in [5.41, 5.74) is 3.00. The number of carbonyl (C=O) groups is 1. The lowest BCUT2D eigenvalue weighted by Gasteiger charge is -2.30. The Labute approximate surface area is 208 Å². The van der Waals surface area contributed by atoms with Gasteiger partial charge in [0.15, 0.2) is 6.33 Å². The molecule has 3 N–H and O–H groups in total. The molecule has 1 aromatic carbocycles. The van der Waals surface area contributed by atoms with Crippen LogP contribution in [0.3, 0.4) is 0 Å². The van der Waals surface area contributed by atoms with Crippen molar-refractivity contribution in [2.75, 3.05) is 23.8 Å². The lowest BCUT2D eigenvalue weighted by molar-refractivity contribution is 0.0631. The van der Waals surface area contributed by atoms with Gasteiger partial charge in [-0.15, -0.1) is 0 Å². The van der Waals surface area contributed by atoms with Crippen molar-refractivity contribution in [2.24, 2.45) is 0 Å². The molecule has 10 nitrogen and oxygen atoms in total. The summed E-state index contributed by atoms with van der Waals surface area (Å²) < 4.78 is 5.27. The van der Waals surface area contributed by atoms with Gasteiger partial charge in [-0.25, -0.2) is 9.97 Å². The third-order valence-corrected chi connectivity index (χ3v) is 6.41. The second kappa shape index (κ2) is 9.38. The van der Waals surface area contributed by atoms with Gasteiger partial charge in [0, 0.05) is 18.8 Å². The van der Waals surface area contributed by atoms with Gasteiger partial charge in [0.2, 0.25) is 0 Å². The molecule has 36 heavy (non-hydrogen) atoms. The zero-order chi connectivity index (χ0) is 25.3. The molecular formula is C26H27N7O3. The SMILES string of the molecule is CCN1C(=O)c2ccc(Nc3cc(N[C@H](CO)c4ccccc4)c(-c4ncno4)cn3)nc2C1(C)C. The van der Waals surface area contributed by atoms with Crippen LogP contribution in [-0.2, 0) is 5.54 Å². The fraction of sp³-hybridized carbons (Fsp3) is 0.269. The zero-order valence-electron chi connectivity index (χ0n) is 20.3. The lowest BCUT2D eigenvalue weighted by Crippen LogP contribution is -2.39. The van der Waals surface area contributed by atoms with Gasteiger partial charge in [0.1, 0.15) is 11.6 Å². The third-order valence-electron chi connectivity index (χ3n) is 6.41. The summed E-state index contributed by atoms with van der Waals surface area (Å²) in [6.45, 7) is 6.43. The number of rotatable bonds is 8.